The van der Waals surface area contributed by atoms with Crippen molar-refractivity contribution in [3.8, 4) is 5.75 Å². The number of aryl methyl sites for hydroxylation is 1. The van der Waals surface area contributed by atoms with Gasteiger partial charge in [-0.05, 0) is 41.0 Å². The third kappa shape index (κ3) is 3.67. The van der Waals surface area contributed by atoms with Crippen molar-refractivity contribution >= 4 is 16.7 Å². The Hall–Kier alpha value is -2.85. The Bertz CT molecular complexity index is 975. The van der Waals surface area contributed by atoms with Crippen LogP contribution in [0, 0.1) is 6.92 Å². The molecule has 0 radical (unpaired) electrons. The highest BCUT2D eigenvalue weighted by molar-refractivity contribution is 6.01. The Balaban J connectivity index is 1.44. The van der Waals surface area contributed by atoms with Crippen LogP contribution in [0.4, 0.5) is 0 Å². The Morgan fingerprint density at radius 3 is 2.26 bits per heavy atom. The molecule has 0 bridgehead atoms. The third-order valence-electron chi connectivity index (χ3n) is 5.41. The first kappa shape index (κ1) is 17.6. The molecule has 0 spiro atoms. The molecule has 0 aliphatic carbocycles. The highest BCUT2D eigenvalue weighted by atomic mass is 16.3. The van der Waals surface area contributed by atoms with Crippen LogP contribution in [-0.2, 0) is 6.54 Å². The number of aromatic hydroxyl groups is 1. The molecule has 1 saturated heterocycles. The fourth-order valence-corrected chi connectivity index (χ4v) is 3.71. The van der Waals surface area contributed by atoms with Crippen molar-refractivity contribution in [3.63, 3.8) is 0 Å². The molecule has 138 valence electrons. The Labute approximate surface area is 159 Å². The summed E-state index contributed by atoms with van der Waals surface area (Å²) in [5, 5.41) is 12.2. The van der Waals surface area contributed by atoms with Crippen molar-refractivity contribution in [1.29, 1.82) is 0 Å². The number of benzene rings is 3. The molecule has 0 aromatic heterocycles. The van der Waals surface area contributed by atoms with E-state index < -0.39 is 0 Å². The number of carbonyl (C=O) groups is 1. The molecule has 1 N–H and O–H groups in total. The third-order valence-corrected chi connectivity index (χ3v) is 5.41. The lowest BCUT2D eigenvalue weighted by molar-refractivity contribution is 0.0625. The standard InChI is InChI=1S/C23H24N2O2/c1-17-6-2-3-9-20(17)16-24-10-12-25(13-11-24)23(27)21-14-18-7-4-5-8-19(18)15-22(21)26/h2-9,14-15,26H,10-13,16H2,1H3. The van der Waals surface area contributed by atoms with Gasteiger partial charge in [-0.25, -0.2) is 0 Å². The fourth-order valence-electron chi connectivity index (χ4n) is 3.71. The molecule has 4 rings (SSSR count). The van der Waals surface area contributed by atoms with E-state index >= 15 is 0 Å². The number of nitrogens with zero attached hydrogens (tertiary/aromatic N) is 2. The number of hydrogen-bond donors (Lipinski definition) is 1. The summed E-state index contributed by atoms with van der Waals surface area (Å²) in [6.07, 6.45) is 0. The van der Waals surface area contributed by atoms with Crippen LogP contribution in [0.15, 0.2) is 60.7 Å². The molecule has 1 aliphatic rings. The van der Waals surface area contributed by atoms with E-state index in [1.807, 2.05) is 29.2 Å². The van der Waals surface area contributed by atoms with Crippen molar-refractivity contribution in [2.75, 3.05) is 26.2 Å². The average Bonchev–Trinajstić information content (AvgIpc) is 2.69. The zero-order valence-corrected chi connectivity index (χ0v) is 15.6. The van der Waals surface area contributed by atoms with E-state index in [0.717, 1.165) is 30.4 Å². The quantitative estimate of drug-likeness (QED) is 0.772. The minimum Gasteiger partial charge on any atom is -0.507 e. The van der Waals surface area contributed by atoms with E-state index in [4.69, 9.17) is 0 Å². The van der Waals surface area contributed by atoms with Crippen LogP contribution in [0.2, 0.25) is 0 Å². The molecule has 3 aromatic rings. The molecule has 1 aliphatic heterocycles. The number of phenols is 1. The Kier molecular flexibility index (Phi) is 4.82. The van der Waals surface area contributed by atoms with Gasteiger partial charge in [-0.15, -0.1) is 0 Å². The van der Waals surface area contributed by atoms with E-state index in [1.165, 1.54) is 11.1 Å². The van der Waals surface area contributed by atoms with Gasteiger partial charge in [-0.3, -0.25) is 9.69 Å². The smallest absolute Gasteiger partial charge is 0.257 e. The fraction of sp³-hybridized carbons (Fsp3) is 0.261. The normalized spacial score (nSPS) is 15.2. The van der Waals surface area contributed by atoms with Gasteiger partial charge in [-0.1, -0.05) is 48.5 Å². The molecule has 0 saturated carbocycles. The van der Waals surface area contributed by atoms with Gasteiger partial charge in [0.2, 0.25) is 0 Å². The summed E-state index contributed by atoms with van der Waals surface area (Å²) >= 11 is 0. The molecule has 4 nitrogen and oxygen atoms in total. The molecule has 1 fully saturated rings. The number of piperazine rings is 1. The molecular weight excluding hydrogens is 336 g/mol. The molecule has 4 heteroatoms. The van der Waals surface area contributed by atoms with Crippen LogP contribution in [0.1, 0.15) is 21.5 Å². The van der Waals surface area contributed by atoms with Gasteiger partial charge in [0.15, 0.2) is 0 Å². The zero-order valence-electron chi connectivity index (χ0n) is 15.6. The second-order valence-corrected chi connectivity index (χ2v) is 7.21. The van der Waals surface area contributed by atoms with E-state index in [9.17, 15) is 9.90 Å². The molecule has 27 heavy (non-hydrogen) atoms. The topological polar surface area (TPSA) is 43.8 Å². The second-order valence-electron chi connectivity index (χ2n) is 7.21. The first-order chi connectivity index (χ1) is 13.1. The molecule has 0 unspecified atom stereocenters. The van der Waals surface area contributed by atoms with Crippen molar-refractivity contribution < 1.29 is 9.90 Å². The Morgan fingerprint density at radius 1 is 0.926 bits per heavy atom. The van der Waals surface area contributed by atoms with E-state index in [1.54, 1.807) is 12.1 Å². The summed E-state index contributed by atoms with van der Waals surface area (Å²) in [6, 6.07) is 19.7. The summed E-state index contributed by atoms with van der Waals surface area (Å²) in [5.74, 6) is -0.0326. The number of hydrogen-bond acceptors (Lipinski definition) is 3. The van der Waals surface area contributed by atoms with Crippen molar-refractivity contribution in [1.82, 2.24) is 9.80 Å². The highest BCUT2D eigenvalue weighted by Gasteiger charge is 2.24. The number of carbonyl (C=O) groups excluding carboxylic acids is 1. The average molecular weight is 360 g/mol. The van der Waals surface area contributed by atoms with E-state index in [-0.39, 0.29) is 11.7 Å². The van der Waals surface area contributed by atoms with Gasteiger partial charge in [0.25, 0.3) is 5.91 Å². The SMILES string of the molecule is Cc1ccccc1CN1CCN(C(=O)c2cc3ccccc3cc2O)CC1. The maximum atomic E-state index is 12.9. The van der Waals surface area contributed by atoms with Gasteiger partial charge in [0.05, 0.1) is 5.56 Å². The first-order valence-electron chi connectivity index (χ1n) is 9.40. The predicted octanol–water partition coefficient (Wildman–Crippen LogP) is 3.81. The van der Waals surface area contributed by atoms with Crippen molar-refractivity contribution in [3.05, 3.63) is 77.4 Å². The molecule has 0 atom stereocenters. The van der Waals surface area contributed by atoms with Crippen LogP contribution in [0.25, 0.3) is 10.8 Å². The van der Waals surface area contributed by atoms with Gasteiger partial charge in [-0.2, -0.15) is 0 Å². The van der Waals surface area contributed by atoms with Crippen LogP contribution < -0.4 is 0 Å². The maximum Gasteiger partial charge on any atom is 0.257 e. The van der Waals surface area contributed by atoms with E-state index in [0.29, 0.717) is 18.7 Å². The molecular formula is C23H24N2O2. The van der Waals surface area contributed by atoms with Crippen molar-refractivity contribution in [2.45, 2.75) is 13.5 Å². The van der Waals surface area contributed by atoms with Crippen LogP contribution in [0.3, 0.4) is 0 Å². The summed E-state index contributed by atoms with van der Waals surface area (Å²) in [4.78, 5) is 17.2. The van der Waals surface area contributed by atoms with Crippen LogP contribution in [0.5, 0.6) is 5.75 Å². The molecule has 3 aromatic carbocycles. The number of fused-ring (bicyclic) bond motifs is 1. The lowest BCUT2D eigenvalue weighted by Gasteiger charge is -2.35. The summed E-state index contributed by atoms with van der Waals surface area (Å²) in [7, 11) is 0. The summed E-state index contributed by atoms with van der Waals surface area (Å²) in [5.41, 5.74) is 3.03. The molecule has 1 amide bonds. The molecule has 1 heterocycles. The van der Waals surface area contributed by atoms with Crippen LogP contribution >= 0.6 is 0 Å². The van der Waals surface area contributed by atoms with Gasteiger partial charge >= 0.3 is 0 Å². The first-order valence-corrected chi connectivity index (χ1v) is 9.40. The zero-order chi connectivity index (χ0) is 18.8. The minimum atomic E-state index is -0.0891. The lowest BCUT2D eigenvalue weighted by Crippen LogP contribution is -2.48. The Morgan fingerprint density at radius 2 is 1.56 bits per heavy atom. The van der Waals surface area contributed by atoms with Gasteiger partial charge in [0.1, 0.15) is 5.75 Å². The largest absolute Gasteiger partial charge is 0.507 e. The highest BCUT2D eigenvalue weighted by Crippen LogP contribution is 2.26. The maximum absolute atomic E-state index is 12.9. The monoisotopic (exact) mass is 360 g/mol. The van der Waals surface area contributed by atoms with Crippen molar-refractivity contribution in [2.24, 2.45) is 0 Å². The number of amides is 1. The second kappa shape index (κ2) is 7.41. The summed E-state index contributed by atoms with van der Waals surface area (Å²) in [6.45, 7) is 6.09. The summed E-state index contributed by atoms with van der Waals surface area (Å²) < 4.78 is 0. The van der Waals surface area contributed by atoms with E-state index in [2.05, 4.69) is 36.1 Å². The van der Waals surface area contributed by atoms with Gasteiger partial charge < -0.3 is 10.0 Å². The number of phenolic OH excluding ortho intramolecular Hbond substituents is 1. The predicted molar refractivity (Wildman–Crippen MR) is 108 cm³/mol. The van der Waals surface area contributed by atoms with Gasteiger partial charge in [0, 0.05) is 32.7 Å². The minimum absolute atomic E-state index is 0.0565. The lowest BCUT2D eigenvalue weighted by atomic mass is 10.0. The van der Waals surface area contributed by atoms with Crippen LogP contribution in [-0.4, -0.2) is 47.0 Å². The number of rotatable bonds is 3.